The van der Waals surface area contributed by atoms with Gasteiger partial charge in [0.25, 0.3) is 5.91 Å². The second-order valence-corrected chi connectivity index (χ2v) is 11.3. The molecule has 230 valence electrons. The summed E-state index contributed by atoms with van der Waals surface area (Å²) in [4.78, 5) is 43.4. The van der Waals surface area contributed by atoms with Gasteiger partial charge in [-0.25, -0.2) is 4.98 Å². The number of ether oxygens (including phenoxy) is 1. The highest BCUT2D eigenvalue weighted by Crippen LogP contribution is 2.35. The SMILES string of the molecule is Cc1nc2c(OCc3c(Cl)ccc(N(C)C(=O)CNC(=O)/C=C/c4ccc(NC(=O)c5ccco5)cc4)c3Cl)cccn2c1Br. The fourth-order valence-electron chi connectivity index (χ4n) is 4.29. The van der Waals surface area contributed by atoms with Crippen LogP contribution in [-0.4, -0.2) is 40.7 Å². The summed E-state index contributed by atoms with van der Waals surface area (Å²) < 4.78 is 13.8. The van der Waals surface area contributed by atoms with E-state index in [2.05, 4.69) is 31.5 Å². The first-order chi connectivity index (χ1) is 21.6. The van der Waals surface area contributed by atoms with Crippen molar-refractivity contribution in [2.24, 2.45) is 0 Å². The number of halogens is 3. The standard InChI is InChI=1S/C32H26BrCl2N5O5/c1-19-30(33)40-15-3-5-25(31(40)37-19)45-18-22-23(34)12-13-24(29(22)35)39(2)28(42)17-36-27(41)14-9-20-7-10-21(11-8-20)38-32(43)26-6-4-16-44-26/h3-16H,17-18H2,1-2H3,(H,36,41)(H,38,43)/b14-9+. The van der Waals surface area contributed by atoms with Gasteiger partial charge in [0.15, 0.2) is 17.2 Å². The molecule has 0 fully saturated rings. The van der Waals surface area contributed by atoms with Crippen molar-refractivity contribution in [1.29, 1.82) is 0 Å². The van der Waals surface area contributed by atoms with Crippen molar-refractivity contribution in [3.05, 3.63) is 116 Å². The lowest BCUT2D eigenvalue weighted by Gasteiger charge is -2.21. The number of furan rings is 1. The number of imidazole rings is 1. The topological polar surface area (TPSA) is 118 Å². The third-order valence-electron chi connectivity index (χ3n) is 6.74. The minimum absolute atomic E-state index is 0.0373. The smallest absolute Gasteiger partial charge is 0.291 e. The average molecular weight is 711 g/mol. The number of rotatable bonds is 10. The van der Waals surface area contributed by atoms with Crippen molar-refractivity contribution in [3.8, 4) is 5.75 Å². The zero-order chi connectivity index (χ0) is 32.1. The number of anilines is 2. The first kappa shape index (κ1) is 31.8. The molecule has 3 heterocycles. The minimum atomic E-state index is -0.460. The van der Waals surface area contributed by atoms with E-state index in [-0.39, 0.29) is 29.8 Å². The van der Waals surface area contributed by atoms with Gasteiger partial charge in [-0.3, -0.25) is 18.8 Å². The Bertz CT molecular complexity index is 1910. The molecular formula is C32H26BrCl2N5O5. The van der Waals surface area contributed by atoms with Crippen molar-refractivity contribution in [2.45, 2.75) is 13.5 Å². The highest BCUT2D eigenvalue weighted by atomic mass is 79.9. The maximum atomic E-state index is 12.9. The molecule has 5 rings (SSSR count). The molecule has 3 amide bonds. The van der Waals surface area contributed by atoms with Gasteiger partial charge in [-0.2, -0.15) is 0 Å². The summed E-state index contributed by atoms with van der Waals surface area (Å²) in [6, 6.07) is 17.0. The summed E-state index contributed by atoms with van der Waals surface area (Å²) in [6.07, 6.45) is 6.19. The van der Waals surface area contributed by atoms with Gasteiger partial charge in [0, 0.05) is 35.6 Å². The van der Waals surface area contributed by atoms with Gasteiger partial charge in [-0.15, -0.1) is 0 Å². The molecule has 0 saturated carbocycles. The fourth-order valence-corrected chi connectivity index (χ4v) is 5.27. The van der Waals surface area contributed by atoms with Crippen molar-refractivity contribution in [1.82, 2.24) is 14.7 Å². The number of likely N-dealkylation sites (N-methyl/N-ethyl adjacent to an activating group) is 1. The Kier molecular flexibility index (Phi) is 9.92. The number of nitrogens with zero attached hydrogens (tertiary/aromatic N) is 3. The quantitative estimate of drug-likeness (QED) is 0.152. The molecule has 0 radical (unpaired) electrons. The fraction of sp³-hybridized carbons (Fsp3) is 0.125. The largest absolute Gasteiger partial charge is 0.485 e. The Labute approximate surface area is 276 Å². The Hall–Kier alpha value is -4.58. The van der Waals surface area contributed by atoms with Crippen LogP contribution in [0.5, 0.6) is 5.75 Å². The monoisotopic (exact) mass is 709 g/mol. The molecule has 0 aliphatic carbocycles. The van der Waals surface area contributed by atoms with Crippen LogP contribution in [0.15, 0.2) is 88.2 Å². The van der Waals surface area contributed by atoms with Gasteiger partial charge in [0.1, 0.15) is 11.2 Å². The molecule has 2 N–H and O–H groups in total. The number of hydrogen-bond acceptors (Lipinski definition) is 6. The highest BCUT2D eigenvalue weighted by Gasteiger charge is 2.20. The lowest BCUT2D eigenvalue weighted by atomic mass is 10.2. The van der Waals surface area contributed by atoms with Gasteiger partial charge in [0.05, 0.1) is 29.2 Å². The second kappa shape index (κ2) is 14.0. The lowest BCUT2D eigenvalue weighted by Crippen LogP contribution is -2.37. The molecule has 3 aromatic heterocycles. The minimum Gasteiger partial charge on any atom is -0.485 e. The number of benzene rings is 2. The third-order valence-corrected chi connectivity index (χ3v) is 8.47. The summed E-state index contributed by atoms with van der Waals surface area (Å²) >= 11 is 16.7. The van der Waals surface area contributed by atoms with Crippen molar-refractivity contribution in [3.63, 3.8) is 0 Å². The van der Waals surface area contributed by atoms with Crippen LogP contribution in [0.2, 0.25) is 10.0 Å². The predicted molar refractivity (Wildman–Crippen MR) is 177 cm³/mol. The van der Waals surface area contributed by atoms with Crippen LogP contribution in [-0.2, 0) is 16.2 Å². The number of carbonyl (C=O) groups excluding carboxylic acids is 3. The van der Waals surface area contributed by atoms with Crippen LogP contribution in [0.4, 0.5) is 11.4 Å². The van der Waals surface area contributed by atoms with Gasteiger partial charge in [-0.05, 0) is 83.0 Å². The molecule has 13 heteroatoms. The zero-order valence-electron chi connectivity index (χ0n) is 24.0. The molecule has 2 aromatic carbocycles. The van der Waals surface area contributed by atoms with E-state index < -0.39 is 11.8 Å². The number of nitrogens with one attached hydrogen (secondary N) is 2. The van der Waals surface area contributed by atoms with Crippen molar-refractivity contribution >= 4 is 80.0 Å². The molecule has 0 unspecified atom stereocenters. The summed E-state index contributed by atoms with van der Waals surface area (Å²) in [5, 5.41) is 5.93. The van der Waals surface area contributed by atoms with Crippen molar-refractivity contribution < 1.29 is 23.5 Å². The van der Waals surface area contributed by atoms with Crippen LogP contribution >= 0.6 is 39.1 Å². The molecule has 5 aromatic rings. The number of aryl methyl sites for hydroxylation is 1. The van der Waals surface area contributed by atoms with Crippen LogP contribution < -0.4 is 20.3 Å². The van der Waals surface area contributed by atoms with E-state index >= 15 is 0 Å². The Morgan fingerprint density at radius 1 is 1.09 bits per heavy atom. The van der Waals surface area contributed by atoms with E-state index in [0.717, 1.165) is 15.9 Å². The lowest BCUT2D eigenvalue weighted by molar-refractivity contribution is -0.122. The molecule has 0 spiro atoms. The molecule has 0 aliphatic rings. The Morgan fingerprint density at radius 2 is 1.87 bits per heavy atom. The normalized spacial score (nSPS) is 11.1. The maximum absolute atomic E-state index is 12.9. The second-order valence-electron chi connectivity index (χ2n) is 9.76. The van der Waals surface area contributed by atoms with Crippen LogP contribution in [0.1, 0.15) is 27.4 Å². The zero-order valence-corrected chi connectivity index (χ0v) is 27.1. The number of fused-ring (bicyclic) bond motifs is 1. The Balaban J connectivity index is 1.16. The van der Waals surface area contributed by atoms with Gasteiger partial charge >= 0.3 is 0 Å². The van der Waals surface area contributed by atoms with E-state index in [4.69, 9.17) is 32.4 Å². The van der Waals surface area contributed by atoms with Crippen LogP contribution in [0.25, 0.3) is 11.7 Å². The molecule has 45 heavy (non-hydrogen) atoms. The highest BCUT2D eigenvalue weighted by molar-refractivity contribution is 9.10. The van der Waals surface area contributed by atoms with E-state index in [1.807, 2.05) is 23.6 Å². The van der Waals surface area contributed by atoms with Crippen molar-refractivity contribution in [2.75, 3.05) is 23.8 Å². The summed E-state index contributed by atoms with van der Waals surface area (Å²) in [6.45, 7) is 1.66. The predicted octanol–water partition coefficient (Wildman–Crippen LogP) is 6.93. The number of hydrogen-bond donors (Lipinski definition) is 2. The Morgan fingerprint density at radius 3 is 2.60 bits per heavy atom. The number of aromatic nitrogens is 2. The van der Waals surface area contributed by atoms with Gasteiger partial charge in [-0.1, -0.05) is 35.3 Å². The molecule has 0 bridgehead atoms. The first-order valence-corrected chi connectivity index (χ1v) is 15.1. The van der Waals surface area contributed by atoms with E-state index in [1.165, 1.54) is 17.2 Å². The summed E-state index contributed by atoms with van der Waals surface area (Å²) in [5.74, 6) is -0.484. The van der Waals surface area contributed by atoms with Gasteiger partial charge < -0.3 is 24.7 Å². The molecular weight excluding hydrogens is 685 g/mol. The van der Waals surface area contributed by atoms with Crippen LogP contribution in [0.3, 0.4) is 0 Å². The van der Waals surface area contributed by atoms with Gasteiger partial charge in [0.2, 0.25) is 11.8 Å². The molecule has 0 saturated heterocycles. The van der Waals surface area contributed by atoms with E-state index in [1.54, 1.807) is 67.7 Å². The van der Waals surface area contributed by atoms with E-state index in [0.29, 0.717) is 33.4 Å². The van der Waals surface area contributed by atoms with E-state index in [9.17, 15) is 14.4 Å². The molecule has 10 nitrogen and oxygen atoms in total. The number of amides is 3. The van der Waals surface area contributed by atoms with Crippen LogP contribution in [0, 0.1) is 6.92 Å². The molecule has 0 atom stereocenters. The summed E-state index contributed by atoms with van der Waals surface area (Å²) in [5.41, 5.74) is 3.65. The average Bonchev–Trinajstić information content (AvgIpc) is 3.68. The number of carbonyl (C=O) groups is 3. The first-order valence-electron chi connectivity index (χ1n) is 13.5. The maximum Gasteiger partial charge on any atom is 0.291 e. The number of pyridine rings is 1. The third kappa shape index (κ3) is 7.39. The summed E-state index contributed by atoms with van der Waals surface area (Å²) in [7, 11) is 1.56. The molecule has 0 aliphatic heterocycles.